The minimum Gasteiger partial charge on any atom is -0.544 e. The van der Waals surface area contributed by atoms with Gasteiger partial charge in [0.2, 0.25) is 0 Å². The van der Waals surface area contributed by atoms with Crippen LogP contribution in [0.15, 0.2) is 48.6 Å². The van der Waals surface area contributed by atoms with Crippen LogP contribution in [-0.4, -0.2) is 75.5 Å². The topological polar surface area (TPSA) is 102 Å². The maximum atomic E-state index is 12.8. The molecular weight excluding hydrogens is 835 g/mol. The van der Waals surface area contributed by atoms with Crippen LogP contribution in [0.25, 0.3) is 0 Å². The van der Waals surface area contributed by atoms with Gasteiger partial charge in [0, 0.05) is 19.3 Å². The number of quaternary nitrogens is 1. The van der Waals surface area contributed by atoms with Gasteiger partial charge in [-0.1, -0.05) is 210 Å². The maximum Gasteiger partial charge on any atom is 0.306 e. The van der Waals surface area contributed by atoms with Crippen molar-refractivity contribution >= 4 is 17.9 Å². The Hall–Kier alpha value is -2.71. The maximum absolute atomic E-state index is 12.8. The van der Waals surface area contributed by atoms with E-state index in [1.807, 2.05) is 21.1 Å². The SMILES string of the molecule is CCCCC/C=C/C/C=C/C/C=C/CCCCCCCCCCCC(=O)OC(COCCC(C(=O)[O-])[N+](C)(C)C)COC(=O)CCCCCCCCC/C=C/CCCCCCCCCCCC. The average Bonchev–Trinajstić information content (AvgIpc) is 3.29. The first-order valence-electron chi connectivity index (χ1n) is 28.2. The Labute approximate surface area is 414 Å². The summed E-state index contributed by atoms with van der Waals surface area (Å²) in [5.74, 6) is -1.74. The zero-order chi connectivity index (χ0) is 49.2. The summed E-state index contributed by atoms with van der Waals surface area (Å²) in [5, 5.41) is 11.7. The van der Waals surface area contributed by atoms with Crippen LogP contribution in [0.1, 0.15) is 258 Å². The Morgan fingerprint density at radius 2 is 0.791 bits per heavy atom. The lowest BCUT2D eigenvalue weighted by Gasteiger charge is -2.34. The first-order chi connectivity index (χ1) is 32.6. The normalized spacial score (nSPS) is 13.1. The summed E-state index contributed by atoms with van der Waals surface area (Å²) < 4.78 is 17.3. The Morgan fingerprint density at radius 3 is 1.21 bits per heavy atom. The largest absolute Gasteiger partial charge is 0.544 e. The van der Waals surface area contributed by atoms with Crippen molar-refractivity contribution in [2.45, 2.75) is 270 Å². The van der Waals surface area contributed by atoms with Crippen molar-refractivity contribution in [3.05, 3.63) is 48.6 Å². The van der Waals surface area contributed by atoms with Crippen molar-refractivity contribution < 1.29 is 38.2 Å². The molecule has 0 amide bonds. The van der Waals surface area contributed by atoms with Crippen LogP contribution in [-0.2, 0) is 28.6 Å². The molecule has 0 aromatic carbocycles. The summed E-state index contributed by atoms with van der Waals surface area (Å²) >= 11 is 0. The molecule has 390 valence electrons. The number of carbonyl (C=O) groups is 3. The summed E-state index contributed by atoms with van der Waals surface area (Å²) in [7, 11) is 5.42. The van der Waals surface area contributed by atoms with Gasteiger partial charge in [-0.25, -0.2) is 0 Å². The monoisotopic (exact) mass is 942 g/mol. The average molecular weight is 943 g/mol. The van der Waals surface area contributed by atoms with Gasteiger partial charge in [-0.15, -0.1) is 0 Å². The molecule has 0 aromatic heterocycles. The molecule has 0 N–H and O–H groups in total. The lowest BCUT2D eigenvalue weighted by atomic mass is 10.1. The number of carbonyl (C=O) groups excluding carboxylic acids is 3. The molecule has 0 aromatic rings. The van der Waals surface area contributed by atoms with E-state index in [0.717, 1.165) is 57.8 Å². The molecule has 0 rings (SSSR count). The van der Waals surface area contributed by atoms with Gasteiger partial charge in [-0.2, -0.15) is 0 Å². The smallest absolute Gasteiger partial charge is 0.306 e. The van der Waals surface area contributed by atoms with E-state index in [1.165, 1.54) is 167 Å². The van der Waals surface area contributed by atoms with E-state index in [1.54, 1.807) is 0 Å². The molecule has 0 saturated heterocycles. The van der Waals surface area contributed by atoms with Crippen LogP contribution in [0.4, 0.5) is 0 Å². The fourth-order valence-electron chi connectivity index (χ4n) is 8.31. The van der Waals surface area contributed by atoms with Crippen LogP contribution in [0.3, 0.4) is 0 Å². The van der Waals surface area contributed by atoms with Crippen molar-refractivity contribution in [2.75, 3.05) is 41.0 Å². The number of hydrogen-bond donors (Lipinski definition) is 0. The molecule has 8 nitrogen and oxygen atoms in total. The van der Waals surface area contributed by atoms with Crippen molar-refractivity contribution in [1.29, 1.82) is 0 Å². The number of rotatable bonds is 51. The number of esters is 2. The molecule has 2 unspecified atom stereocenters. The molecule has 0 aliphatic rings. The third-order valence-electron chi connectivity index (χ3n) is 12.7. The number of nitrogens with zero attached hydrogens (tertiary/aromatic N) is 1. The fraction of sp³-hybridized carbons (Fsp3) is 0.814. The molecule has 0 fully saturated rings. The minimum atomic E-state index is -1.12. The second kappa shape index (κ2) is 49.7. The quantitative estimate of drug-likeness (QED) is 0.0259. The summed E-state index contributed by atoms with van der Waals surface area (Å²) in [4.78, 5) is 37.1. The van der Waals surface area contributed by atoms with Crippen molar-refractivity contribution in [3.8, 4) is 0 Å². The van der Waals surface area contributed by atoms with Gasteiger partial charge in [0.15, 0.2) is 6.10 Å². The fourth-order valence-corrected chi connectivity index (χ4v) is 8.31. The second-order valence-corrected chi connectivity index (χ2v) is 20.2. The van der Waals surface area contributed by atoms with Crippen LogP contribution in [0, 0.1) is 0 Å². The first kappa shape index (κ1) is 64.3. The highest BCUT2D eigenvalue weighted by atomic mass is 16.6. The molecular formula is C59H107NO7. The molecule has 8 heteroatoms. The first-order valence-corrected chi connectivity index (χ1v) is 28.2. The van der Waals surface area contributed by atoms with Gasteiger partial charge in [0.1, 0.15) is 12.6 Å². The number of carboxylic acids is 1. The number of unbranched alkanes of at least 4 members (excludes halogenated alkanes) is 29. The number of ether oxygens (including phenoxy) is 3. The van der Waals surface area contributed by atoms with Crippen molar-refractivity contribution in [3.63, 3.8) is 0 Å². The molecule has 0 saturated carbocycles. The van der Waals surface area contributed by atoms with E-state index >= 15 is 0 Å². The van der Waals surface area contributed by atoms with E-state index in [0.29, 0.717) is 12.8 Å². The molecule has 0 bridgehead atoms. The summed E-state index contributed by atoms with van der Waals surface area (Å²) in [6, 6.07) is -0.729. The Morgan fingerprint density at radius 1 is 0.448 bits per heavy atom. The van der Waals surface area contributed by atoms with E-state index in [-0.39, 0.29) is 42.7 Å². The van der Waals surface area contributed by atoms with E-state index in [2.05, 4.69) is 62.5 Å². The van der Waals surface area contributed by atoms with Crippen LogP contribution < -0.4 is 5.11 Å². The summed E-state index contributed by atoms with van der Waals surface area (Å²) in [6.45, 7) is 4.66. The second-order valence-electron chi connectivity index (χ2n) is 20.2. The van der Waals surface area contributed by atoms with Gasteiger partial charge in [0.05, 0.1) is 40.3 Å². The zero-order valence-electron chi connectivity index (χ0n) is 44.6. The highest BCUT2D eigenvalue weighted by Gasteiger charge is 2.25. The third-order valence-corrected chi connectivity index (χ3v) is 12.7. The standard InChI is InChI=1S/C59H107NO7/c1-6-8-10-12-14-16-18-20-22-24-26-28-30-32-34-36-38-40-42-44-46-48-50-58(62)67-55(53-65-52-51-56(59(63)64)60(3,4)5)54-66-57(61)49-47-45-43-41-39-37-35-33-31-29-27-25-23-21-19-17-15-13-11-9-7-2/h14,16,20,22,26,28-29,31,55-56H,6-13,15,17-19,21,23-25,27,30,32-54H2,1-5H3/b16-14+,22-20+,28-26+,31-29+. The third kappa shape index (κ3) is 48.1. The number of allylic oxidation sites excluding steroid dienone is 8. The van der Waals surface area contributed by atoms with Gasteiger partial charge in [0.25, 0.3) is 0 Å². The minimum absolute atomic E-state index is 0.0378. The Kier molecular flexibility index (Phi) is 47.7. The van der Waals surface area contributed by atoms with Crippen LogP contribution in [0.2, 0.25) is 0 Å². The number of likely N-dealkylation sites (N-methyl/N-ethyl adjacent to an activating group) is 1. The van der Waals surface area contributed by atoms with Crippen molar-refractivity contribution in [2.24, 2.45) is 0 Å². The number of hydrogen-bond acceptors (Lipinski definition) is 7. The molecule has 0 spiro atoms. The predicted molar refractivity (Wildman–Crippen MR) is 282 cm³/mol. The van der Waals surface area contributed by atoms with Crippen LogP contribution in [0.5, 0.6) is 0 Å². The molecule has 0 heterocycles. The van der Waals surface area contributed by atoms with Gasteiger partial charge < -0.3 is 28.6 Å². The predicted octanol–water partition coefficient (Wildman–Crippen LogP) is 15.4. The van der Waals surface area contributed by atoms with E-state index in [4.69, 9.17) is 14.2 Å². The molecule has 67 heavy (non-hydrogen) atoms. The molecule has 0 aliphatic heterocycles. The van der Waals surface area contributed by atoms with Crippen LogP contribution >= 0.6 is 0 Å². The number of carboxylic acid groups (broad SMARTS) is 1. The molecule has 2 atom stereocenters. The number of aliphatic carboxylic acids is 1. The summed E-state index contributed by atoms with van der Waals surface area (Å²) in [5.41, 5.74) is 0. The zero-order valence-corrected chi connectivity index (χ0v) is 44.6. The van der Waals surface area contributed by atoms with Crippen molar-refractivity contribution in [1.82, 2.24) is 0 Å². The molecule has 0 radical (unpaired) electrons. The Bertz CT molecular complexity index is 1230. The lowest BCUT2D eigenvalue weighted by Crippen LogP contribution is -2.55. The van der Waals surface area contributed by atoms with E-state index < -0.39 is 18.1 Å². The Balaban J connectivity index is 4.20. The van der Waals surface area contributed by atoms with E-state index in [9.17, 15) is 19.5 Å². The van der Waals surface area contributed by atoms with Gasteiger partial charge in [-0.3, -0.25) is 9.59 Å². The highest BCUT2D eigenvalue weighted by molar-refractivity contribution is 5.70. The van der Waals surface area contributed by atoms with Gasteiger partial charge >= 0.3 is 11.9 Å². The summed E-state index contributed by atoms with van der Waals surface area (Å²) in [6.07, 6.45) is 61.4. The highest BCUT2D eigenvalue weighted by Crippen LogP contribution is 2.16. The lowest BCUT2D eigenvalue weighted by molar-refractivity contribution is -0.889. The van der Waals surface area contributed by atoms with Gasteiger partial charge in [-0.05, 0) is 77.0 Å². The molecule has 0 aliphatic carbocycles.